The van der Waals surface area contributed by atoms with Gasteiger partial charge in [0.2, 0.25) is 0 Å². The predicted molar refractivity (Wildman–Crippen MR) is 117 cm³/mol. The van der Waals surface area contributed by atoms with Gasteiger partial charge >= 0.3 is 6.18 Å². The molecule has 1 aliphatic carbocycles. The minimum absolute atomic E-state index is 0.0673. The first-order valence-corrected chi connectivity index (χ1v) is 10.7. The zero-order valence-electron chi connectivity index (χ0n) is 17.4. The molecule has 0 unspecified atom stereocenters. The van der Waals surface area contributed by atoms with E-state index in [2.05, 4.69) is 20.6 Å². The van der Waals surface area contributed by atoms with Crippen LogP contribution in [0.2, 0.25) is 0 Å². The molecule has 2 aromatic heterocycles. The molecule has 1 aliphatic rings. The number of nitrogens with zero attached hydrogens (tertiary/aromatic N) is 2. The van der Waals surface area contributed by atoms with Crippen LogP contribution in [0.4, 0.5) is 29.2 Å². The molecular formula is C24H24F4N4. The zero-order valence-corrected chi connectivity index (χ0v) is 17.4. The molecular weight excluding hydrogens is 420 g/mol. The van der Waals surface area contributed by atoms with Gasteiger partial charge in [-0.3, -0.25) is 0 Å². The van der Waals surface area contributed by atoms with Crippen molar-refractivity contribution in [3.63, 3.8) is 0 Å². The van der Waals surface area contributed by atoms with Crippen LogP contribution in [-0.4, -0.2) is 16.0 Å². The standard InChI is InChI=1S/C24H24F4N4/c25-19-6-4-5-16(11-19)15-30-23-14-18(24(26,27)28)13-21(32-23)17-9-10-29-22(12-17)31-20-7-2-1-3-8-20/h4-6,9-14,20H,1-3,7-8,15H2,(H,29,31)(H,30,32). The van der Waals surface area contributed by atoms with Crippen LogP contribution in [-0.2, 0) is 12.7 Å². The summed E-state index contributed by atoms with van der Waals surface area (Å²) in [6.45, 7) is 0.149. The average molecular weight is 444 g/mol. The second-order valence-electron chi connectivity index (χ2n) is 8.02. The summed E-state index contributed by atoms with van der Waals surface area (Å²) in [6.07, 6.45) is 2.71. The molecule has 2 heterocycles. The maximum Gasteiger partial charge on any atom is 0.416 e. The van der Waals surface area contributed by atoms with Crippen molar-refractivity contribution in [2.75, 3.05) is 10.6 Å². The molecule has 1 aromatic carbocycles. The largest absolute Gasteiger partial charge is 0.416 e. The molecule has 32 heavy (non-hydrogen) atoms. The minimum Gasteiger partial charge on any atom is -0.367 e. The minimum atomic E-state index is -4.52. The summed E-state index contributed by atoms with van der Waals surface area (Å²) in [7, 11) is 0. The van der Waals surface area contributed by atoms with Crippen molar-refractivity contribution >= 4 is 11.6 Å². The number of pyridine rings is 2. The number of anilines is 2. The lowest BCUT2D eigenvalue weighted by Gasteiger charge is -2.23. The highest BCUT2D eigenvalue weighted by Crippen LogP contribution is 2.34. The number of nitrogens with one attached hydrogen (secondary N) is 2. The number of hydrogen-bond acceptors (Lipinski definition) is 4. The van der Waals surface area contributed by atoms with Gasteiger partial charge in [0.1, 0.15) is 17.5 Å². The van der Waals surface area contributed by atoms with Crippen molar-refractivity contribution in [1.29, 1.82) is 0 Å². The molecule has 0 atom stereocenters. The SMILES string of the molecule is Fc1cccc(CNc2cc(C(F)(F)F)cc(-c3ccnc(NC4CCCCC4)c3)n2)c1. The van der Waals surface area contributed by atoms with Crippen LogP contribution in [0.3, 0.4) is 0 Å². The van der Waals surface area contributed by atoms with Crippen LogP contribution in [0.1, 0.15) is 43.2 Å². The van der Waals surface area contributed by atoms with Gasteiger partial charge < -0.3 is 10.6 Å². The Balaban J connectivity index is 1.59. The summed E-state index contributed by atoms with van der Waals surface area (Å²) in [6, 6.07) is 11.6. The smallest absolute Gasteiger partial charge is 0.367 e. The van der Waals surface area contributed by atoms with Gasteiger partial charge in [0, 0.05) is 24.3 Å². The fraction of sp³-hybridized carbons (Fsp3) is 0.333. The Bertz CT molecular complexity index is 1060. The molecule has 1 fully saturated rings. The summed E-state index contributed by atoms with van der Waals surface area (Å²) < 4.78 is 54.0. The van der Waals surface area contributed by atoms with Crippen molar-refractivity contribution in [2.24, 2.45) is 0 Å². The first-order valence-electron chi connectivity index (χ1n) is 10.7. The Hall–Kier alpha value is -3.16. The highest BCUT2D eigenvalue weighted by molar-refractivity contribution is 5.66. The Morgan fingerprint density at radius 2 is 1.75 bits per heavy atom. The highest BCUT2D eigenvalue weighted by atomic mass is 19.4. The Kier molecular flexibility index (Phi) is 6.58. The van der Waals surface area contributed by atoms with Crippen LogP contribution in [0.25, 0.3) is 11.3 Å². The molecule has 0 aliphatic heterocycles. The normalized spacial score (nSPS) is 14.9. The lowest BCUT2D eigenvalue weighted by Crippen LogP contribution is -2.22. The monoisotopic (exact) mass is 444 g/mol. The zero-order chi connectivity index (χ0) is 22.6. The van der Waals surface area contributed by atoms with Crippen LogP contribution < -0.4 is 10.6 Å². The number of rotatable bonds is 6. The highest BCUT2D eigenvalue weighted by Gasteiger charge is 2.32. The Morgan fingerprint density at radius 1 is 0.938 bits per heavy atom. The van der Waals surface area contributed by atoms with Gasteiger partial charge in [0.25, 0.3) is 0 Å². The third-order valence-corrected chi connectivity index (χ3v) is 5.53. The lowest BCUT2D eigenvalue weighted by atomic mass is 9.95. The van der Waals surface area contributed by atoms with Crippen LogP contribution in [0.15, 0.2) is 54.7 Å². The number of benzene rings is 1. The van der Waals surface area contributed by atoms with E-state index in [1.54, 1.807) is 30.5 Å². The van der Waals surface area contributed by atoms with Gasteiger partial charge in [-0.05, 0) is 54.8 Å². The van der Waals surface area contributed by atoms with Gasteiger partial charge in [-0.25, -0.2) is 14.4 Å². The molecule has 8 heteroatoms. The second-order valence-corrected chi connectivity index (χ2v) is 8.02. The van der Waals surface area contributed by atoms with Crippen molar-refractivity contribution in [1.82, 2.24) is 9.97 Å². The van der Waals surface area contributed by atoms with E-state index in [9.17, 15) is 17.6 Å². The fourth-order valence-corrected chi connectivity index (χ4v) is 3.90. The van der Waals surface area contributed by atoms with E-state index in [4.69, 9.17) is 0 Å². The van der Waals surface area contributed by atoms with Gasteiger partial charge in [0.05, 0.1) is 11.3 Å². The molecule has 3 aromatic rings. The molecule has 1 saturated carbocycles. The summed E-state index contributed by atoms with van der Waals surface area (Å²) in [5.41, 5.74) is 0.533. The molecule has 168 valence electrons. The molecule has 0 bridgehead atoms. The topological polar surface area (TPSA) is 49.8 Å². The predicted octanol–water partition coefficient (Wildman–Crippen LogP) is 6.66. The maximum absolute atomic E-state index is 13.5. The first kappa shape index (κ1) is 22.0. The van der Waals surface area contributed by atoms with E-state index in [1.165, 1.54) is 18.6 Å². The number of hydrogen-bond donors (Lipinski definition) is 2. The maximum atomic E-state index is 13.5. The number of aromatic nitrogens is 2. The van der Waals surface area contributed by atoms with Gasteiger partial charge in [-0.2, -0.15) is 13.2 Å². The van der Waals surface area contributed by atoms with Crippen molar-refractivity contribution in [2.45, 2.75) is 50.9 Å². The van der Waals surface area contributed by atoms with Crippen molar-refractivity contribution < 1.29 is 17.6 Å². The third-order valence-electron chi connectivity index (χ3n) is 5.53. The van der Waals surface area contributed by atoms with Gasteiger partial charge in [-0.15, -0.1) is 0 Å². The van der Waals surface area contributed by atoms with E-state index < -0.39 is 17.6 Å². The van der Waals surface area contributed by atoms with Crippen LogP contribution in [0.5, 0.6) is 0 Å². The molecule has 0 saturated heterocycles. The van der Waals surface area contributed by atoms with Crippen LogP contribution >= 0.6 is 0 Å². The third kappa shape index (κ3) is 5.75. The van der Waals surface area contributed by atoms with Crippen molar-refractivity contribution in [3.05, 3.63) is 71.7 Å². The van der Waals surface area contributed by atoms with E-state index >= 15 is 0 Å². The van der Waals surface area contributed by atoms with Gasteiger partial charge in [-0.1, -0.05) is 31.4 Å². The van der Waals surface area contributed by atoms with E-state index in [0.717, 1.165) is 37.8 Å². The second kappa shape index (κ2) is 9.54. The Morgan fingerprint density at radius 3 is 2.50 bits per heavy atom. The average Bonchev–Trinajstić information content (AvgIpc) is 2.78. The van der Waals surface area contributed by atoms with E-state index in [1.807, 2.05) is 0 Å². The molecule has 0 radical (unpaired) electrons. The molecule has 4 rings (SSSR count). The van der Waals surface area contributed by atoms with Crippen LogP contribution in [0, 0.1) is 5.82 Å². The summed E-state index contributed by atoms with van der Waals surface area (Å²) >= 11 is 0. The van der Waals surface area contributed by atoms with E-state index in [-0.39, 0.29) is 18.1 Å². The lowest BCUT2D eigenvalue weighted by molar-refractivity contribution is -0.137. The summed E-state index contributed by atoms with van der Waals surface area (Å²) in [5.74, 6) is 0.289. The van der Waals surface area contributed by atoms with Crippen molar-refractivity contribution in [3.8, 4) is 11.3 Å². The number of halogens is 4. The molecule has 0 spiro atoms. The quantitative estimate of drug-likeness (QED) is 0.418. The van der Waals surface area contributed by atoms with Gasteiger partial charge in [0.15, 0.2) is 0 Å². The molecule has 0 amide bonds. The fourth-order valence-electron chi connectivity index (χ4n) is 3.90. The Labute approximate surface area is 184 Å². The number of alkyl halides is 3. The molecule has 2 N–H and O–H groups in total. The van der Waals surface area contributed by atoms with E-state index in [0.29, 0.717) is 23.0 Å². The molecule has 4 nitrogen and oxygen atoms in total. The summed E-state index contributed by atoms with van der Waals surface area (Å²) in [4.78, 5) is 8.71. The first-order chi connectivity index (χ1) is 15.4. The summed E-state index contributed by atoms with van der Waals surface area (Å²) in [5, 5.41) is 6.27.